The van der Waals surface area contributed by atoms with Gasteiger partial charge in [-0.25, -0.2) is 0 Å². The van der Waals surface area contributed by atoms with Gasteiger partial charge in [0.25, 0.3) is 0 Å². The third-order valence-electron chi connectivity index (χ3n) is 3.31. The van der Waals surface area contributed by atoms with Crippen molar-refractivity contribution in [2.24, 2.45) is 0 Å². The molecule has 2 rings (SSSR count). The maximum atomic E-state index is 5.43. The van der Waals surface area contributed by atoms with Crippen LogP contribution in [0.3, 0.4) is 0 Å². The van der Waals surface area contributed by atoms with Crippen LogP contribution in [0.25, 0.3) is 0 Å². The lowest BCUT2D eigenvalue weighted by atomic mass is 9.87. The standard InChI is InChI=1S/C17H21BrN2O/c1-17(2,3)12-5-8-16(21-4)15(9-12)20-11-14-7-6-13(18)10-19-14/h5-10,20H,11H2,1-4H3. The van der Waals surface area contributed by atoms with Gasteiger partial charge in [0, 0.05) is 10.7 Å². The lowest BCUT2D eigenvalue weighted by molar-refractivity contribution is 0.416. The number of hydrogen-bond donors (Lipinski definition) is 1. The van der Waals surface area contributed by atoms with Crippen molar-refractivity contribution in [2.75, 3.05) is 12.4 Å². The van der Waals surface area contributed by atoms with E-state index in [2.05, 4.69) is 59.1 Å². The monoisotopic (exact) mass is 348 g/mol. The van der Waals surface area contributed by atoms with Crippen molar-refractivity contribution in [1.29, 1.82) is 0 Å². The zero-order valence-electron chi connectivity index (χ0n) is 12.9. The van der Waals surface area contributed by atoms with Gasteiger partial charge >= 0.3 is 0 Å². The largest absolute Gasteiger partial charge is 0.495 e. The Balaban J connectivity index is 2.19. The Morgan fingerprint density at radius 1 is 1.19 bits per heavy atom. The first kappa shape index (κ1) is 15.8. The molecule has 2 aromatic rings. The molecule has 0 radical (unpaired) electrons. The number of nitrogens with zero attached hydrogens (tertiary/aromatic N) is 1. The fraction of sp³-hybridized carbons (Fsp3) is 0.353. The van der Waals surface area contributed by atoms with Crippen molar-refractivity contribution in [2.45, 2.75) is 32.7 Å². The fourth-order valence-electron chi connectivity index (χ4n) is 2.01. The lowest BCUT2D eigenvalue weighted by Gasteiger charge is -2.21. The topological polar surface area (TPSA) is 34.1 Å². The second kappa shape index (κ2) is 6.48. The Morgan fingerprint density at radius 3 is 2.52 bits per heavy atom. The van der Waals surface area contributed by atoms with E-state index in [1.807, 2.05) is 18.2 Å². The molecule has 4 heteroatoms. The van der Waals surface area contributed by atoms with E-state index in [0.29, 0.717) is 6.54 Å². The summed E-state index contributed by atoms with van der Waals surface area (Å²) in [5.74, 6) is 0.847. The molecule has 0 unspecified atom stereocenters. The molecule has 0 bridgehead atoms. The summed E-state index contributed by atoms with van der Waals surface area (Å²) in [5, 5.41) is 3.41. The van der Waals surface area contributed by atoms with Crippen LogP contribution in [0.5, 0.6) is 5.75 Å². The second-order valence-corrected chi connectivity index (χ2v) is 6.90. The van der Waals surface area contributed by atoms with E-state index in [9.17, 15) is 0 Å². The SMILES string of the molecule is COc1ccc(C(C)(C)C)cc1NCc1ccc(Br)cn1. The average Bonchev–Trinajstić information content (AvgIpc) is 2.45. The molecule has 0 aliphatic heterocycles. The molecule has 0 aliphatic carbocycles. The number of anilines is 1. The Morgan fingerprint density at radius 2 is 1.95 bits per heavy atom. The number of hydrogen-bond acceptors (Lipinski definition) is 3. The minimum atomic E-state index is 0.110. The molecule has 0 atom stereocenters. The highest BCUT2D eigenvalue weighted by Crippen LogP contribution is 2.31. The Kier molecular flexibility index (Phi) is 4.88. The van der Waals surface area contributed by atoms with Crippen LogP contribution < -0.4 is 10.1 Å². The van der Waals surface area contributed by atoms with Gasteiger partial charge in [0.05, 0.1) is 25.0 Å². The van der Waals surface area contributed by atoms with E-state index in [-0.39, 0.29) is 5.41 Å². The molecule has 3 nitrogen and oxygen atoms in total. The number of aromatic nitrogens is 1. The third-order valence-corrected chi connectivity index (χ3v) is 3.78. The number of nitrogens with one attached hydrogen (secondary N) is 1. The molecule has 0 aliphatic rings. The smallest absolute Gasteiger partial charge is 0.141 e. The first-order valence-electron chi connectivity index (χ1n) is 6.93. The second-order valence-electron chi connectivity index (χ2n) is 5.99. The van der Waals surface area contributed by atoms with E-state index in [4.69, 9.17) is 4.74 Å². The highest BCUT2D eigenvalue weighted by molar-refractivity contribution is 9.10. The summed E-state index contributed by atoms with van der Waals surface area (Å²) in [4.78, 5) is 4.37. The first-order chi connectivity index (χ1) is 9.90. The molecule has 1 heterocycles. The first-order valence-corrected chi connectivity index (χ1v) is 7.72. The molecule has 112 valence electrons. The van der Waals surface area contributed by atoms with Gasteiger partial charge in [0.1, 0.15) is 5.75 Å². The number of ether oxygens (including phenoxy) is 1. The van der Waals surface area contributed by atoms with Crippen LogP contribution in [0, 0.1) is 0 Å². The number of halogens is 1. The highest BCUT2D eigenvalue weighted by atomic mass is 79.9. The molecule has 1 N–H and O–H groups in total. The van der Waals surface area contributed by atoms with Gasteiger partial charge in [-0.05, 0) is 51.2 Å². The summed E-state index contributed by atoms with van der Waals surface area (Å²) in [7, 11) is 1.69. The van der Waals surface area contributed by atoms with E-state index in [0.717, 1.165) is 21.6 Å². The maximum Gasteiger partial charge on any atom is 0.141 e. The van der Waals surface area contributed by atoms with Crippen molar-refractivity contribution >= 4 is 21.6 Å². The van der Waals surface area contributed by atoms with Crippen LogP contribution >= 0.6 is 15.9 Å². The molecule has 1 aromatic carbocycles. The number of pyridine rings is 1. The average molecular weight is 349 g/mol. The Labute approximate surface area is 134 Å². The zero-order valence-corrected chi connectivity index (χ0v) is 14.5. The summed E-state index contributed by atoms with van der Waals surface area (Å²) in [6.07, 6.45) is 1.81. The number of methoxy groups -OCH3 is 1. The summed E-state index contributed by atoms with van der Waals surface area (Å²) >= 11 is 3.39. The van der Waals surface area contributed by atoms with Gasteiger partial charge in [-0.2, -0.15) is 0 Å². The van der Waals surface area contributed by atoms with Gasteiger partial charge in [-0.1, -0.05) is 26.8 Å². The van der Waals surface area contributed by atoms with Crippen molar-refractivity contribution in [3.05, 3.63) is 52.3 Å². The van der Waals surface area contributed by atoms with Crippen molar-refractivity contribution < 1.29 is 4.74 Å². The summed E-state index contributed by atoms with van der Waals surface area (Å²) in [6, 6.07) is 10.3. The Bertz CT molecular complexity index is 603. The van der Waals surface area contributed by atoms with Crippen molar-refractivity contribution in [1.82, 2.24) is 4.98 Å². The molecule has 0 saturated carbocycles. The van der Waals surface area contributed by atoms with Crippen LogP contribution in [0.15, 0.2) is 41.0 Å². The predicted octanol–water partition coefficient (Wildman–Crippen LogP) is 4.76. The highest BCUT2D eigenvalue weighted by Gasteiger charge is 2.15. The summed E-state index contributed by atoms with van der Waals surface area (Å²) in [5.41, 5.74) is 3.36. The molecule has 21 heavy (non-hydrogen) atoms. The van der Waals surface area contributed by atoms with Gasteiger partial charge in [0.15, 0.2) is 0 Å². The van der Waals surface area contributed by atoms with Gasteiger partial charge in [-0.3, -0.25) is 4.98 Å². The normalized spacial score (nSPS) is 11.3. The van der Waals surface area contributed by atoms with Gasteiger partial charge in [0.2, 0.25) is 0 Å². The minimum absolute atomic E-state index is 0.110. The van der Waals surface area contributed by atoms with Crippen molar-refractivity contribution in [3.8, 4) is 5.75 Å². The quantitative estimate of drug-likeness (QED) is 0.864. The van der Waals surface area contributed by atoms with E-state index in [1.54, 1.807) is 13.3 Å². The molecular formula is C17H21BrN2O. The molecule has 0 fully saturated rings. The molecule has 0 amide bonds. The minimum Gasteiger partial charge on any atom is -0.495 e. The Hall–Kier alpha value is -1.55. The summed E-state index contributed by atoms with van der Waals surface area (Å²) < 4.78 is 6.41. The van der Waals surface area contributed by atoms with Crippen LogP contribution in [0.1, 0.15) is 32.0 Å². The van der Waals surface area contributed by atoms with Crippen LogP contribution in [-0.2, 0) is 12.0 Å². The lowest BCUT2D eigenvalue weighted by Crippen LogP contribution is -2.12. The maximum absolute atomic E-state index is 5.43. The number of rotatable bonds is 4. The van der Waals surface area contributed by atoms with E-state index in [1.165, 1.54) is 5.56 Å². The van der Waals surface area contributed by atoms with Crippen LogP contribution in [-0.4, -0.2) is 12.1 Å². The fourth-order valence-corrected chi connectivity index (χ4v) is 2.24. The predicted molar refractivity (Wildman–Crippen MR) is 91.0 cm³/mol. The van der Waals surface area contributed by atoms with Crippen LogP contribution in [0.2, 0.25) is 0 Å². The zero-order chi connectivity index (χ0) is 15.5. The summed E-state index contributed by atoms with van der Waals surface area (Å²) in [6.45, 7) is 7.27. The van der Waals surface area contributed by atoms with Gasteiger partial charge in [-0.15, -0.1) is 0 Å². The molecule has 1 aromatic heterocycles. The van der Waals surface area contributed by atoms with E-state index < -0.39 is 0 Å². The molecule has 0 saturated heterocycles. The van der Waals surface area contributed by atoms with Gasteiger partial charge < -0.3 is 10.1 Å². The molecule has 0 spiro atoms. The van der Waals surface area contributed by atoms with Crippen molar-refractivity contribution in [3.63, 3.8) is 0 Å². The van der Waals surface area contributed by atoms with E-state index >= 15 is 0 Å². The number of benzene rings is 1. The molecular weight excluding hydrogens is 328 g/mol. The third kappa shape index (κ3) is 4.21. The van der Waals surface area contributed by atoms with Crippen LogP contribution in [0.4, 0.5) is 5.69 Å².